The van der Waals surface area contributed by atoms with Crippen molar-refractivity contribution in [1.29, 1.82) is 0 Å². The van der Waals surface area contributed by atoms with Gasteiger partial charge in [0.1, 0.15) is 11.6 Å². The maximum absolute atomic E-state index is 13.7. The van der Waals surface area contributed by atoms with E-state index in [1.807, 2.05) is 31.2 Å². The number of carbonyl (C=O) groups excluding carboxylic acids is 2. The van der Waals surface area contributed by atoms with E-state index in [0.717, 1.165) is 24.0 Å². The van der Waals surface area contributed by atoms with E-state index in [1.54, 1.807) is 6.92 Å². The molecule has 1 N–H and O–H groups in total. The van der Waals surface area contributed by atoms with E-state index in [9.17, 15) is 19.1 Å². The molecule has 0 aromatic heterocycles. The highest BCUT2D eigenvalue weighted by Crippen LogP contribution is 2.40. The molecule has 1 aliphatic heterocycles. The molecule has 1 aliphatic rings. The lowest BCUT2D eigenvalue weighted by Crippen LogP contribution is -2.30. The van der Waals surface area contributed by atoms with Gasteiger partial charge in [-0.3, -0.25) is 9.59 Å². The van der Waals surface area contributed by atoms with Crippen molar-refractivity contribution in [2.75, 3.05) is 6.54 Å². The van der Waals surface area contributed by atoms with Crippen LogP contribution in [0.2, 0.25) is 0 Å². The van der Waals surface area contributed by atoms with Crippen LogP contribution < -0.4 is 0 Å². The highest BCUT2D eigenvalue weighted by molar-refractivity contribution is 6.46. The van der Waals surface area contributed by atoms with Crippen LogP contribution in [0.15, 0.2) is 48.0 Å². The molecule has 3 rings (SSSR count). The number of rotatable bonds is 6. The molecule has 1 fully saturated rings. The zero-order valence-corrected chi connectivity index (χ0v) is 17.9. The SMILES string of the molecule is CCCCN1C(=O)C(=O)/C(=C(\O)c2ccc(F)c(C)c2)C1c1ccc(C(C)C)cc1. The number of halogens is 1. The van der Waals surface area contributed by atoms with Crippen molar-refractivity contribution < 1.29 is 19.1 Å². The van der Waals surface area contributed by atoms with Crippen LogP contribution in [0.1, 0.15) is 67.8 Å². The van der Waals surface area contributed by atoms with Gasteiger partial charge in [-0.15, -0.1) is 0 Å². The molecule has 4 nitrogen and oxygen atoms in total. The van der Waals surface area contributed by atoms with Gasteiger partial charge in [-0.25, -0.2) is 4.39 Å². The minimum atomic E-state index is -0.705. The number of likely N-dealkylation sites (tertiary alicyclic amines) is 1. The van der Waals surface area contributed by atoms with E-state index in [1.165, 1.54) is 23.1 Å². The van der Waals surface area contributed by atoms with Crippen LogP contribution in [0.25, 0.3) is 5.76 Å². The molecule has 0 saturated carbocycles. The van der Waals surface area contributed by atoms with Crippen LogP contribution >= 0.6 is 0 Å². The molecule has 158 valence electrons. The molecule has 1 amide bonds. The van der Waals surface area contributed by atoms with Crippen LogP contribution in [0, 0.1) is 12.7 Å². The van der Waals surface area contributed by atoms with Crippen molar-refractivity contribution in [3.05, 3.63) is 76.1 Å². The summed E-state index contributed by atoms with van der Waals surface area (Å²) in [6.45, 7) is 8.23. The average Bonchev–Trinajstić information content (AvgIpc) is 2.98. The molecule has 2 aromatic carbocycles. The number of unbranched alkanes of at least 4 members (excludes halogenated alkanes) is 1. The molecule has 1 unspecified atom stereocenters. The van der Waals surface area contributed by atoms with Gasteiger partial charge in [0.25, 0.3) is 11.7 Å². The lowest BCUT2D eigenvalue weighted by atomic mass is 9.93. The molecule has 0 spiro atoms. The van der Waals surface area contributed by atoms with Crippen LogP contribution in [-0.2, 0) is 9.59 Å². The Morgan fingerprint density at radius 3 is 2.37 bits per heavy atom. The third-order valence-electron chi connectivity index (χ3n) is 5.64. The molecule has 5 heteroatoms. The first-order chi connectivity index (χ1) is 14.3. The second kappa shape index (κ2) is 8.82. The summed E-state index contributed by atoms with van der Waals surface area (Å²) < 4.78 is 13.7. The number of carbonyl (C=O) groups is 2. The number of aliphatic hydroxyl groups excluding tert-OH is 1. The normalized spacial score (nSPS) is 18.5. The topological polar surface area (TPSA) is 57.6 Å². The maximum atomic E-state index is 13.7. The Labute approximate surface area is 177 Å². The van der Waals surface area contributed by atoms with Crippen molar-refractivity contribution in [2.45, 2.75) is 52.5 Å². The summed E-state index contributed by atoms with van der Waals surface area (Å²) in [7, 11) is 0. The Bertz CT molecular complexity index is 992. The smallest absolute Gasteiger partial charge is 0.295 e. The predicted octanol–water partition coefficient (Wildman–Crippen LogP) is 5.48. The molecule has 1 saturated heterocycles. The fraction of sp³-hybridized carbons (Fsp3) is 0.360. The summed E-state index contributed by atoms with van der Waals surface area (Å²) in [5.41, 5.74) is 2.66. The molecule has 0 bridgehead atoms. The molecule has 1 atom stereocenters. The number of Topliss-reactive ketones (excluding diaryl/α,β-unsaturated/α-hetero) is 1. The summed E-state index contributed by atoms with van der Waals surface area (Å²) >= 11 is 0. The van der Waals surface area contributed by atoms with E-state index in [2.05, 4.69) is 13.8 Å². The van der Waals surface area contributed by atoms with Gasteiger partial charge in [-0.05, 0) is 54.2 Å². The van der Waals surface area contributed by atoms with Crippen molar-refractivity contribution in [3.63, 3.8) is 0 Å². The number of benzene rings is 2. The molecular weight excluding hydrogens is 381 g/mol. The summed E-state index contributed by atoms with van der Waals surface area (Å²) in [5, 5.41) is 11.0. The summed E-state index contributed by atoms with van der Waals surface area (Å²) in [5.74, 6) is -1.62. The van der Waals surface area contributed by atoms with Gasteiger partial charge in [-0.2, -0.15) is 0 Å². The van der Waals surface area contributed by atoms with Gasteiger partial charge in [0.2, 0.25) is 0 Å². The van der Waals surface area contributed by atoms with E-state index < -0.39 is 23.5 Å². The zero-order valence-electron chi connectivity index (χ0n) is 17.9. The molecular formula is C25H28FNO3. The number of nitrogens with zero attached hydrogens (tertiary/aromatic N) is 1. The highest BCUT2D eigenvalue weighted by Gasteiger charge is 2.45. The average molecular weight is 410 g/mol. The second-order valence-corrected chi connectivity index (χ2v) is 8.13. The van der Waals surface area contributed by atoms with E-state index in [-0.39, 0.29) is 11.3 Å². The number of aliphatic hydroxyl groups is 1. The molecule has 0 aliphatic carbocycles. The first-order valence-corrected chi connectivity index (χ1v) is 10.4. The van der Waals surface area contributed by atoms with Crippen LogP contribution in [0.4, 0.5) is 4.39 Å². The minimum Gasteiger partial charge on any atom is -0.507 e. The van der Waals surface area contributed by atoms with Gasteiger partial charge < -0.3 is 10.0 Å². The van der Waals surface area contributed by atoms with Crippen molar-refractivity contribution in [3.8, 4) is 0 Å². The monoisotopic (exact) mass is 409 g/mol. The first kappa shape index (κ1) is 21.8. The fourth-order valence-corrected chi connectivity index (χ4v) is 3.80. The lowest BCUT2D eigenvalue weighted by molar-refractivity contribution is -0.139. The fourth-order valence-electron chi connectivity index (χ4n) is 3.80. The van der Waals surface area contributed by atoms with E-state index >= 15 is 0 Å². The third kappa shape index (κ3) is 4.02. The lowest BCUT2D eigenvalue weighted by Gasteiger charge is -2.25. The summed E-state index contributed by atoms with van der Waals surface area (Å²) in [6, 6.07) is 11.3. The number of hydrogen-bond donors (Lipinski definition) is 1. The molecule has 1 heterocycles. The van der Waals surface area contributed by atoms with Crippen LogP contribution in [-0.4, -0.2) is 28.2 Å². The van der Waals surface area contributed by atoms with E-state index in [4.69, 9.17) is 0 Å². The van der Waals surface area contributed by atoms with Crippen molar-refractivity contribution in [2.24, 2.45) is 0 Å². The van der Waals surface area contributed by atoms with Crippen molar-refractivity contribution >= 4 is 17.4 Å². The van der Waals surface area contributed by atoms with Crippen molar-refractivity contribution in [1.82, 2.24) is 4.90 Å². The van der Waals surface area contributed by atoms with Gasteiger partial charge >= 0.3 is 0 Å². The van der Waals surface area contributed by atoms with Crippen LogP contribution in [0.5, 0.6) is 0 Å². The standard InChI is InChI=1S/C25H28FNO3/c1-5-6-13-27-22(18-9-7-17(8-10-18)15(2)3)21(24(29)25(27)30)23(28)19-11-12-20(26)16(4)14-19/h7-12,14-15,22,28H,5-6,13H2,1-4H3/b23-21-. The Morgan fingerprint density at radius 1 is 1.13 bits per heavy atom. The van der Waals surface area contributed by atoms with Gasteiger partial charge in [0, 0.05) is 12.1 Å². The predicted molar refractivity (Wildman–Crippen MR) is 116 cm³/mol. The van der Waals surface area contributed by atoms with Gasteiger partial charge in [0.15, 0.2) is 0 Å². The summed E-state index contributed by atoms with van der Waals surface area (Å²) in [6.07, 6.45) is 1.63. The molecule has 2 aromatic rings. The van der Waals surface area contributed by atoms with Gasteiger partial charge in [-0.1, -0.05) is 51.5 Å². The number of ketones is 1. The number of hydrogen-bond acceptors (Lipinski definition) is 3. The Kier molecular flexibility index (Phi) is 6.40. The Morgan fingerprint density at radius 2 is 1.80 bits per heavy atom. The second-order valence-electron chi connectivity index (χ2n) is 8.13. The minimum absolute atomic E-state index is 0.0550. The number of aryl methyl sites for hydroxylation is 1. The molecule has 0 radical (unpaired) electrons. The Hall–Kier alpha value is -2.95. The quantitative estimate of drug-likeness (QED) is 0.390. The Balaban J connectivity index is 2.15. The third-order valence-corrected chi connectivity index (χ3v) is 5.64. The first-order valence-electron chi connectivity index (χ1n) is 10.4. The van der Waals surface area contributed by atoms with Gasteiger partial charge in [0.05, 0.1) is 11.6 Å². The molecule has 30 heavy (non-hydrogen) atoms. The summed E-state index contributed by atoms with van der Waals surface area (Å²) in [4.78, 5) is 27.3. The zero-order chi connectivity index (χ0) is 22.0. The number of amides is 1. The highest BCUT2D eigenvalue weighted by atomic mass is 19.1. The maximum Gasteiger partial charge on any atom is 0.295 e. The van der Waals surface area contributed by atoms with Crippen LogP contribution in [0.3, 0.4) is 0 Å². The van der Waals surface area contributed by atoms with E-state index in [0.29, 0.717) is 23.6 Å². The largest absolute Gasteiger partial charge is 0.507 e.